The lowest BCUT2D eigenvalue weighted by Gasteiger charge is -2.38. The number of rotatable bonds is 6. The Labute approximate surface area is 204 Å². The molecule has 1 saturated carbocycles. The first-order valence-electron chi connectivity index (χ1n) is 11.8. The maximum Gasteiger partial charge on any atom is 0.165 e. The molecule has 1 aliphatic rings. The fourth-order valence-electron chi connectivity index (χ4n) is 4.40. The van der Waals surface area contributed by atoms with Gasteiger partial charge in [0, 0.05) is 17.4 Å². The fraction of sp³-hybridized carbons (Fsp3) is 0.250. The van der Waals surface area contributed by atoms with Crippen LogP contribution in [0, 0.1) is 0 Å². The van der Waals surface area contributed by atoms with E-state index >= 15 is 0 Å². The summed E-state index contributed by atoms with van der Waals surface area (Å²) < 4.78 is 2.03. The lowest BCUT2D eigenvalue weighted by Crippen LogP contribution is -2.43. The van der Waals surface area contributed by atoms with E-state index in [0.29, 0.717) is 11.6 Å². The van der Waals surface area contributed by atoms with Crippen LogP contribution in [0.4, 0.5) is 5.82 Å². The molecular weight excluding hydrogens is 436 g/mol. The van der Waals surface area contributed by atoms with E-state index in [2.05, 4.69) is 29.2 Å². The largest absolute Gasteiger partial charge is 0.392 e. The molecule has 5 rings (SSSR count). The van der Waals surface area contributed by atoms with E-state index in [1.165, 1.54) is 6.42 Å². The summed E-state index contributed by atoms with van der Waals surface area (Å²) in [4.78, 5) is 14.2. The Bertz CT molecular complexity index is 1440. The minimum Gasteiger partial charge on any atom is -0.392 e. The van der Waals surface area contributed by atoms with Gasteiger partial charge in [0.2, 0.25) is 0 Å². The van der Waals surface area contributed by atoms with Gasteiger partial charge < -0.3 is 16.6 Å². The molecule has 178 valence electrons. The van der Waals surface area contributed by atoms with Gasteiger partial charge in [-0.25, -0.2) is 15.0 Å². The standard InChI is InChI=1S/C28H30N6O/c1-18(17-35)6-7-19(2)23-12-13-24-27(32-23)34(26(33-24)22-5-3-16-31-25(22)29)21-10-8-20(9-11-21)28(30)14-4-15-28/h3,5-13,16,35H,4,14-15,17,30H2,1-2H3,(H2,29,31)/b18-6+,19-7+. The molecule has 0 atom stereocenters. The van der Waals surface area contributed by atoms with Gasteiger partial charge >= 0.3 is 0 Å². The van der Waals surface area contributed by atoms with Crippen molar-refractivity contribution in [1.29, 1.82) is 0 Å². The Hall–Kier alpha value is -3.81. The molecular formula is C28H30N6O. The van der Waals surface area contributed by atoms with Crippen molar-refractivity contribution in [1.82, 2.24) is 19.5 Å². The van der Waals surface area contributed by atoms with Crippen molar-refractivity contribution < 1.29 is 5.11 Å². The zero-order valence-electron chi connectivity index (χ0n) is 20.1. The topological polar surface area (TPSA) is 116 Å². The highest BCUT2D eigenvalue weighted by molar-refractivity contribution is 5.84. The second-order valence-corrected chi connectivity index (χ2v) is 9.32. The minimum absolute atomic E-state index is 0.0268. The minimum atomic E-state index is -0.223. The van der Waals surface area contributed by atoms with Crippen LogP contribution in [0.2, 0.25) is 0 Å². The van der Waals surface area contributed by atoms with Gasteiger partial charge in [0.25, 0.3) is 0 Å². The summed E-state index contributed by atoms with van der Waals surface area (Å²) in [5.74, 6) is 1.10. The second-order valence-electron chi connectivity index (χ2n) is 9.32. The SMILES string of the molecule is C/C(=C\C=C(/C)c1ccc2nc(-c3cccnc3N)n(-c3ccc(C4(N)CCC4)cc3)c2n1)CO. The maximum atomic E-state index is 9.30. The summed E-state index contributed by atoms with van der Waals surface area (Å²) in [5.41, 5.74) is 19.6. The molecule has 3 aromatic heterocycles. The van der Waals surface area contributed by atoms with Crippen LogP contribution in [0.25, 0.3) is 33.8 Å². The number of nitrogens with zero attached hydrogens (tertiary/aromatic N) is 4. The smallest absolute Gasteiger partial charge is 0.165 e. The van der Waals surface area contributed by atoms with Crippen LogP contribution >= 0.6 is 0 Å². The summed E-state index contributed by atoms with van der Waals surface area (Å²) in [7, 11) is 0. The summed E-state index contributed by atoms with van der Waals surface area (Å²) in [6, 6.07) is 16.1. The van der Waals surface area contributed by atoms with E-state index in [9.17, 15) is 5.11 Å². The van der Waals surface area contributed by atoms with E-state index < -0.39 is 0 Å². The number of benzene rings is 1. The number of nitrogen functional groups attached to an aromatic ring is 1. The second kappa shape index (κ2) is 9.09. The zero-order valence-corrected chi connectivity index (χ0v) is 20.1. The number of allylic oxidation sites excluding steroid dienone is 3. The number of aliphatic hydroxyl groups excluding tert-OH is 1. The average Bonchev–Trinajstić information content (AvgIpc) is 3.24. The third-order valence-electron chi connectivity index (χ3n) is 6.80. The van der Waals surface area contributed by atoms with Crippen molar-refractivity contribution in [2.75, 3.05) is 12.3 Å². The van der Waals surface area contributed by atoms with Crippen molar-refractivity contribution in [2.24, 2.45) is 5.73 Å². The predicted molar refractivity (Wildman–Crippen MR) is 141 cm³/mol. The van der Waals surface area contributed by atoms with Crippen molar-refractivity contribution >= 4 is 22.6 Å². The predicted octanol–water partition coefficient (Wildman–Crippen LogP) is 4.74. The first-order chi connectivity index (χ1) is 16.9. The highest BCUT2D eigenvalue weighted by Crippen LogP contribution is 2.39. The molecule has 0 amide bonds. The molecule has 0 spiro atoms. The highest BCUT2D eigenvalue weighted by Gasteiger charge is 2.34. The van der Waals surface area contributed by atoms with Gasteiger partial charge in [0.15, 0.2) is 11.5 Å². The van der Waals surface area contributed by atoms with Crippen LogP contribution < -0.4 is 11.5 Å². The molecule has 1 aromatic carbocycles. The highest BCUT2D eigenvalue weighted by atomic mass is 16.3. The van der Waals surface area contributed by atoms with Gasteiger partial charge in [0.05, 0.1) is 17.9 Å². The lowest BCUT2D eigenvalue weighted by atomic mass is 9.73. The van der Waals surface area contributed by atoms with Crippen LogP contribution in [0.5, 0.6) is 0 Å². The number of pyridine rings is 2. The van der Waals surface area contributed by atoms with Gasteiger partial charge in [-0.15, -0.1) is 0 Å². The van der Waals surface area contributed by atoms with Crippen LogP contribution in [0.15, 0.2) is 72.5 Å². The number of aromatic nitrogens is 4. The zero-order chi connectivity index (χ0) is 24.6. The molecule has 0 saturated heterocycles. The Kier molecular flexibility index (Phi) is 5.96. The van der Waals surface area contributed by atoms with Crippen LogP contribution in [0.1, 0.15) is 44.4 Å². The summed E-state index contributed by atoms with van der Waals surface area (Å²) in [6.07, 6.45) is 8.74. The fourth-order valence-corrected chi connectivity index (χ4v) is 4.40. The van der Waals surface area contributed by atoms with Crippen LogP contribution in [-0.4, -0.2) is 31.2 Å². The first kappa shape index (κ1) is 23.0. The number of hydrogen-bond donors (Lipinski definition) is 3. The first-order valence-corrected chi connectivity index (χ1v) is 11.8. The maximum absolute atomic E-state index is 9.30. The number of nitrogens with two attached hydrogens (primary N) is 2. The summed E-state index contributed by atoms with van der Waals surface area (Å²) in [6.45, 7) is 3.92. The van der Waals surface area contributed by atoms with Gasteiger partial charge in [-0.05, 0) is 86.2 Å². The third kappa shape index (κ3) is 4.24. The van der Waals surface area contributed by atoms with Crippen LogP contribution in [-0.2, 0) is 5.54 Å². The molecule has 7 heteroatoms. The quantitative estimate of drug-likeness (QED) is 0.353. The molecule has 0 unspecified atom stereocenters. The van der Waals surface area contributed by atoms with Gasteiger partial charge in [-0.2, -0.15) is 0 Å². The van der Waals surface area contributed by atoms with E-state index in [1.54, 1.807) is 6.20 Å². The number of aliphatic hydroxyl groups is 1. The number of imidazole rings is 1. The molecule has 3 heterocycles. The molecule has 5 N–H and O–H groups in total. The monoisotopic (exact) mass is 466 g/mol. The van der Waals surface area contributed by atoms with Crippen molar-refractivity contribution in [3.63, 3.8) is 0 Å². The van der Waals surface area contributed by atoms with Crippen molar-refractivity contribution in [2.45, 2.75) is 38.6 Å². The van der Waals surface area contributed by atoms with Crippen LogP contribution in [0.3, 0.4) is 0 Å². The van der Waals surface area contributed by atoms with Gasteiger partial charge in [-0.1, -0.05) is 24.3 Å². The van der Waals surface area contributed by atoms with Gasteiger partial charge in [-0.3, -0.25) is 4.57 Å². The Balaban J connectivity index is 1.68. The Morgan fingerprint density at radius 3 is 2.49 bits per heavy atom. The van der Waals surface area contributed by atoms with E-state index in [0.717, 1.165) is 57.7 Å². The van der Waals surface area contributed by atoms with Crippen molar-refractivity contribution in [3.05, 3.63) is 83.7 Å². The summed E-state index contributed by atoms with van der Waals surface area (Å²) >= 11 is 0. The van der Waals surface area contributed by atoms with E-state index in [4.69, 9.17) is 21.4 Å². The number of hydrogen-bond acceptors (Lipinski definition) is 6. The molecule has 0 radical (unpaired) electrons. The molecule has 1 fully saturated rings. The molecule has 0 aliphatic heterocycles. The Morgan fingerprint density at radius 2 is 1.83 bits per heavy atom. The lowest BCUT2D eigenvalue weighted by molar-refractivity contribution is 0.253. The number of anilines is 1. The van der Waals surface area contributed by atoms with Crippen molar-refractivity contribution in [3.8, 4) is 17.1 Å². The molecule has 1 aliphatic carbocycles. The molecule has 0 bridgehead atoms. The summed E-state index contributed by atoms with van der Waals surface area (Å²) in [5, 5.41) is 9.30. The number of fused-ring (bicyclic) bond motifs is 1. The molecule has 4 aromatic rings. The van der Waals surface area contributed by atoms with E-state index in [-0.39, 0.29) is 12.1 Å². The van der Waals surface area contributed by atoms with Gasteiger partial charge in [0.1, 0.15) is 11.3 Å². The third-order valence-corrected chi connectivity index (χ3v) is 6.80. The molecule has 35 heavy (non-hydrogen) atoms. The average molecular weight is 467 g/mol. The van der Waals surface area contributed by atoms with E-state index in [1.807, 2.05) is 54.8 Å². The Morgan fingerprint density at radius 1 is 1.06 bits per heavy atom. The normalized spacial score (nSPS) is 15.9. The molecule has 7 nitrogen and oxygen atoms in total.